The molecule has 28 heavy (non-hydrogen) atoms. The average Bonchev–Trinajstić information content (AvgIpc) is 2.71. The van der Waals surface area contributed by atoms with Crippen molar-refractivity contribution < 1.29 is 28.5 Å². The first-order valence-corrected chi connectivity index (χ1v) is 10.1. The maximum atomic E-state index is 13.1. The molecule has 6 nitrogen and oxygen atoms in total. The van der Waals surface area contributed by atoms with E-state index in [4.69, 9.17) is 23.7 Å². The summed E-state index contributed by atoms with van der Waals surface area (Å²) >= 11 is 0. The fourth-order valence-electron chi connectivity index (χ4n) is 2.60. The molecule has 0 aliphatic carbocycles. The van der Waals surface area contributed by atoms with Crippen molar-refractivity contribution in [3.63, 3.8) is 0 Å². The molecule has 0 N–H and O–H groups in total. The van der Waals surface area contributed by atoms with Crippen molar-refractivity contribution in [3.05, 3.63) is 42.0 Å². The zero-order valence-electron chi connectivity index (χ0n) is 16.7. The summed E-state index contributed by atoms with van der Waals surface area (Å²) in [4.78, 5) is 13.1. The van der Waals surface area contributed by atoms with Gasteiger partial charge in [-0.3, -0.25) is 4.79 Å². The summed E-state index contributed by atoms with van der Waals surface area (Å²) in [5.41, 5.74) is 0.300. The van der Waals surface area contributed by atoms with E-state index < -0.39 is 0 Å². The lowest BCUT2D eigenvalue weighted by Crippen LogP contribution is -2.12. The maximum Gasteiger partial charge on any atom is 0.193 e. The SMILES string of the molecule is CCOCCOc1ccccc1PC(=O)c1c(OC)cc(OCC)cc1OC. The van der Waals surface area contributed by atoms with E-state index >= 15 is 0 Å². The molecule has 0 saturated carbocycles. The van der Waals surface area contributed by atoms with E-state index in [-0.39, 0.29) is 14.1 Å². The molecule has 2 rings (SSSR count). The number of ether oxygens (including phenoxy) is 5. The highest BCUT2D eigenvalue weighted by molar-refractivity contribution is 7.66. The molecule has 0 fully saturated rings. The van der Waals surface area contributed by atoms with Gasteiger partial charge in [0.05, 0.1) is 27.4 Å². The third-order valence-electron chi connectivity index (χ3n) is 3.84. The number of methoxy groups -OCH3 is 2. The van der Waals surface area contributed by atoms with E-state index in [9.17, 15) is 4.79 Å². The number of rotatable bonds is 12. The molecule has 1 atom stereocenters. The lowest BCUT2D eigenvalue weighted by molar-refractivity contribution is 0.108. The van der Waals surface area contributed by atoms with Gasteiger partial charge < -0.3 is 23.7 Å². The van der Waals surface area contributed by atoms with Gasteiger partial charge in [0.15, 0.2) is 5.52 Å². The Hall–Kier alpha value is -2.30. The third kappa shape index (κ3) is 5.85. The molecule has 0 heterocycles. The van der Waals surface area contributed by atoms with Gasteiger partial charge in [-0.05, 0) is 28.5 Å². The molecule has 7 heteroatoms. The predicted molar refractivity (Wildman–Crippen MR) is 111 cm³/mol. The normalized spacial score (nSPS) is 10.9. The zero-order chi connectivity index (χ0) is 20.4. The molecule has 0 aliphatic rings. The molecular weight excluding hydrogens is 379 g/mol. The van der Waals surface area contributed by atoms with Crippen molar-refractivity contribution in [2.45, 2.75) is 13.8 Å². The highest BCUT2D eigenvalue weighted by Crippen LogP contribution is 2.38. The Labute approximate surface area is 167 Å². The second-order valence-corrected chi connectivity index (χ2v) is 6.87. The first-order valence-electron chi connectivity index (χ1n) is 9.14. The monoisotopic (exact) mass is 406 g/mol. The van der Waals surface area contributed by atoms with E-state index in [1.54, 1.807) is 12.1 Å². The molecule has 152 valence electrons. The smallest absolute Gasteiger partial charge is 0.193 e. The first-order chi connectivity index (χ1) is 13.6. The molecule has 0 saturated heterocycles. The third-order valence-corrected chi connectivity index (χ3v) is 5.00. The van der Waals surface area contributed by atoms with Crippen LogP contribution in [0, 0.1) is 0 Å². The van der Waals surface area contributed by atoms with E-state index in [1.165, 1.54) is 14.2 Å². The Morgan fingerprint density at radius 1 is 0.893 bits per heavy atom. The Kier molecular flexibility index (Phi) is 9.05. The van der Waals surface area contributed by atoms with Crippen LogP contribution >= 0.6 is 8.58 Å². The highest BCUT2D eigenvalue weighted by atomic mass is 31.1. The highest BCUT2D eigenvalue weighted by Gasteiger charge is 2.22. The van der Waals surface area contributed by atoms with Crippen molar-refractivity contribution in [1.82, 2.24) is 0 Å². The summed E-state index contributed by atoms with van der Waals surface area (Å²) in [7, 11) is 2.90. The standard InChI is InChI=1S/C21H27O6P/c1-5-25-11-12-27-16-9-7-8-10-19(16)28-21(22)20-17(23-3)13-15(26-6-2)14-18(20)24-4/h7-10,13-14,28H,5-6,11-12H2,1-4H3. The van der Waals surface area contributed by atoms with Crippen molar-refractivity contribution in [3.8, 4) is 23.0 Å². The van der Waals surface area contributed by atoms with Gasteiger partial charge in [0.25, 0.3) is 0 Å². The van der Waals surface area contributed by atoms with Gasteiger partial charge in [-0.1, -0.05) is 18.2 Å². The van der Waals surface area contributed by atoms with Crippen LogP contribution in [0.1, 0.15) is 24.2 Å². The van der Waals surface area contributed by atoms with Crippen LogP contribution in [-0.4, -0.2) is 46.2 Å². The predicted octanol–water partition coefficient (Wildman–Crippen LogP) is 3.66. The van der Waals surface area contributed by atoms with Crippen molar-refractivity contribution >= 4 is 19.4 Å². The Balaban J connectivity index is 2.25. The van der Waals surface area contributed by atoms with Crippen LogP contribution in [0.25, 0.3) is 0 Å². The summed E-state index contributed by atoms with van der Waals surface area (Å²) in [6.45, 7) is 5.91. The van der Waals surface area contributed by atoms with Gasteiger partial charge in [-0.15, -0.1) is 0 Å². The number of hydrogen-bond acceptors (Lipinski definition) is 6. The van der Waals surface area contributed by atoms with Crippen LogP contribution in [-0.2, 0) is 4.74 Å². The fourth-order valence-corrected chi connectivity index (χ4v) is 3.67. The van der Waals surface area contributed by atoms with Gasteiger partial charge in [0.1, 0.15) is 35.2 Å². The number of carbonyl (C=O) groups excluding carboxylic acids is 1. The average molecular weight is 406 g/mol. The molecule has 0 aromatic heterocycles. The molecule has 0 bridgehead atoms. The second kappa shape index (κ2) is 11.5. The largest absolute Gasteiger partial charge is 0.496 e. The lowest BCUT2D eigenvalue weighted by atomic mass is 10.2. The fraction of sp³-hybridized carbons (Fsp3) is 0.381. The van der Waals surface area contributed by atoms with Gasteiger partial charge in [-0.25, -0.2) is 0 Å². The molecule has 0 radical (unpaired) electrons. The zero-order valence-corrected chi connectivity index (χ0v) is 17.7. The summed E-state index contributed by atoms with van der Waals surface area (Å²) in [5, 5.41) is 0.821. The topological polar surface area (TPSA) is 63.2 Å². The number of carbonyl (C=O) groups is 1. The number of para-hydroxylation sites is 1. The molecule has 2 aromatic rings. The van der Waals surface area contributed by atoms with Crippen molar-refractivity contribution in [2.75, 3.05) is 40.6 Å². The lowest BCUT2D eigenvalue weighted by Gasteiger charge is -2.16. The second-order valence-electron chi connectivity index (χ2n) is 5.63. The molecule has 0 spiro atoms. The van der Waals surface area contributed by atoms with E-state index in [0.717, 1.165) is 5.30 Å². The molecule has 2 aromatic carbocycles. The minimum absolute atomic E-state index is 0.0994. The molecule has 1 unspecified atom stereocenters. The summed E-state index contributed by atoms with van der Waals surface area (Å²) in [5.74, 6) is 2.12. The summed E-state index contributed by atoms with van der Waals surface area (Å²) < 4.78 is 27.5. The number of hydrogen-bond donors (Lipinski definition) is 0. The van der Waals surface area contributed by atoms with Crippen LogP contribution in [0.2, 0.25) is 0 Å². The molecular formula is C21H27O6P. The number of benzene rings is 2. The Morgan fingerprint density at radius 3 is 2.18 bits per heavy atom. The Morgan fingerprint density at radius 2 is 1.57 bits per heavy atom. The van der Waals surface area contributed by atoms with Gasteiger partial charge >= 0.3 is 0 Å². The molecule has 0 amide bonds. The first kappa shape index (κ1) is 22.0. The van der Waals surface area contributed by atoms with Gasteiger partial charge in [0, 0.05) is 24.0 Å². The van der Waals surface area contributed by atoms with Crippen molar-refractivity contribution in [2.24, 2.45) is 0 Å². The quantitative estimate of drug-likeness (QED) is 0.396. The van der Waals surface area contributed by atoms with Crippen LogP contribution in [0.15, 0.2) is 36.4 Å². The Bertz CT molecular complexity index is 752. The van der Waals surface area contributed by atoms with Crippen LogP contribution in [0.4, 0.5) is 0 Å². The van der Waals surface area contributed by atoms with E-state index in [0.29, 0.717) is 55.0 Å². The van der Waals surface area contributed by atoms with Gasteiger partial charge in [-0.2, -0.15) is 0 Å². The van der Waals surface area contributed by atoms with Crippen molar-refractivity contribution in [1.29, 1.82) is 0 Å². The summed E-state index contributed by atoms with van der Waals surface area (Å²) in [6.07, 6.45) is 0. The minimum atomic E-state index is -0.142. The van der Waals surface area contributed by atoms with Crippen LogP contribution < -0.4 is 24.3 Å². The maximum absolute atomic E-state index is 13.1. The summed E-state index contributed by atoms with van der Waals surface area (Å²) in [6, 6.07) is 10.9. The van der Waals surface area contributed by atoms with Crippen LogP contribution in [0.5, 0.6) is 23.0 Å². The molecule has 0 aliphatic heterocycles. The minimum Gasteiger partial charge on any atom is -0.496 e. The van der Waals surface area contributed by atoms with E-state index in [2.05, 4.69) is 0 Å². The van der Waals surface area contributed by atoms with Gasteiger partial charge in [0.2, 0.25) is 0 Å². The van der Waals surface area contributed by atoms with E-state index in [1.807, 2.05) is 38.1 Å². The van der Waals surface area contributed by atoms with Crippen LogP contribution in [0.3, 0.4) is 0 Å².